The van der Waals surface area contributed by atoms with Crippen molar-refractivity contribution in [2.24, 2.45) is 5.92 Å². The van der Waals surface area contributed by atoms with E-state index in [4.69, 9.17) is 4.74 Å². The molecule has 1 atom stereocenters. The molecule has 1 unspecified atom stereocenters. The van der Waals surface area contributed by atoms with Crippen LogP contribution >= 0.6 is 0 Å². The number of rotatable bonds is 13. The molecule has 0 saturated heterocycles. The molecular weight excluding hydrogens is 364 g/mol. The van der Waals surface area contributed by atoms with E-state index in [1.54, 1.807) is 11.1 Å². The van der Waals surface area contributed by atoms with E-state index in [-0.39, 0.29) is 0 Å². The van der Waals surface area contributed by atoms with Crippen LogP contribution in [-0.4, -0.2) is 6.61 Å². The minimum absolute atomic E-state index is 0.831. The number of hydrogen-bond donors (Lipinski definition) is 0. The fraction of sp³-hybridized carbons (Fsp3) is 0.586. The van der Waals surface area contributed by atoms with Crippen LogP contribution in [0.5, 0.6) is 5.75 Å². The van der Waals surface area contributed by atoms with Crippen LogP contribution in [0.25, 0.3) is 11.1 Å². The lowest BCUT2D eigenvalue weighted by Gasteiger charge is -2.25. The summed E-state index contributed by atoms with van der Waals surface area (Å²) in [7, 11) is 0. The standard InChI is InChI=1S/C29H42O/c1-3-5-7-9-10-12-24-13-14-28-23-27(16-15-26(28)22-24)25-17-19-29(20-18-25)30-21-11-8-6-4-2/h15-20,23-24H,3-14,21-22H2,1-2H3. The summed E-state index contributed by atoms with van der Waals surface area (Å²) < 4.78 is 5.90. The molecule has 1 aliphatic carbocycles. The van der Waals surface area contributed by atoms with E-state index in [0.29, 0.717) is 0 Å². The summed E-state index contributed by atoms with van der Waals surface area (Å²) in [6, 6.07) is 15.8. The zero-order valence-electron chi connectivity index (χ0n) is 19.4. The summed E-state index contributed by atoms with van der Waals surface area (Å²) in [4.78, 5) is 0. The van der Waals surface area contributed by atoms with Gasteiger partial charge >= 0.3 is 0 Å². The Balaban J connectivity index is 1.49. The van der Waals surface area contributed by atoms with Crippen LogP contribution in [0, 0.1) is 5.92 Å². The maximum atomic E-state index is 5.90. The number of aryl methyl sites for hydroxylation is 1. The molecule has 0 fully saturated rings. The first kappa shape index (κ1) is 22.9. The molecule has 0 aromatic heterocycles. The maximum Gasteiger partial charge on any atom is 0.119 e. The Morgan fingerprint density at radius 3 is 2.20 bits per heavy atom. The highest BCUT2D eigenvalue weighted by Gasteiger charge is 2.18. The zero-order valence-corrected chi connectivity index (χ0v) is 19.4. The molecule has 0 aliphatic heterocycles. The van der Waals surface area contributed by atoms with Crippen LogP contribution in [0.2, 0.25) is 0 Å². The fourth-order valence-corrected chi connectivity index (χ4v) is 4.76. The Bertz CT molecular complexity index is 731. The minimum Gasteiger partial charge on any atom is -0.494 e. The molecule has 1 nitrogen and oxygen atoms in total. The summed E-state index contributed by atoms with van der Waals surface area (Å²) >= 11 is 0. The van der Waals surface area contributed by atoms with Gasteiger partial charge in [-0.25, -0.2) is 0 Å². The molecule has 30 heavy (non-hydrogen) atoms. The molecular formula is C29H42O. The third-order valence-corrected chi connectivity index (χ3v) is 6.71. The molecule has 0 spiro atoms. The van der Waals surface area contributed by atoms with E-state index in [1.807, 2.05) is 0 Å². The Labute approximate surface area is 185 Å². The summed E-state index contributed by atoms with van der Waals surface area (Å²) in [6.07, 6.45) is 17.3. The predicted octanol–water partition coefficient (Wildman–Crippen LogP) is 8.78. The zero-order chi connectivity index (χ0) is 21.0. The van der Waals surface area contributed by atoms with Gasteiger partial charge in [0.15, 0.2) is 0 Å². The second kappa shape index (κ2) is 12.8. The smallest absolute Gasteiger partial charge is 0.119 e. The fourth-order valence-electron chi connectivity index (χ4n) is 4.76. The normalized spacial score (nSPS) is 15.7. The van der Waals surface area contributed by atoms with Gasteiger partial charge in [-0.2, -0.15) is 0 Å². The van der Waals surface area contributed by atoms with Crippen molar-refractivity contribution in [3.8, 4) is 16.9 Å². The summed E-state index contributed by atoms with van der Waals surface area (Å²) in [5, 5.41) is 0. The van der Waals surface area contributed by atoms with Gasteiger partial charge < -0.3 is 4.74 Å². The van der Waals surface area contributed by atoms with Crippen LogP contribution in [0.15, 0.2) is 42.5 Å². The molecule has 0 saturated carbocycles. The van der Waals surface area contributed by atoms with Gasteiger partial charge in [0.2, 0.25) is 0 Å². The number of fused-ring (bicyclic) bond motifs is 1. The Hall–Kier alpha value is -1.76. The lowest BCUT2D eigenvalue weighted by molar-refractivity contribution is 0.305. The van der Waals surface area contributed by atoms with Gasteiger partial charge in [0.1, 0.15) is 5.75 Å². The Morgan fingerprint density at radius 1 is 0.733 bits per heavy atom. The first-order valence-corrected chi connectivity index (χ1v) is 12.6. The number of ether oxygens (including phenoxy) is 1. The van der Waals surface area contributed by atoms with Gasteiger partial charge in [-0.3, -0.25) is 0 Å². The number of benzene rings is 2. The predicted molar refractivity (Wildman–Crippen MR) is 130 cm³/mol. The second-order valence-corrected chi connectivity index (χ2v) is 9.23. The van der Waals surface area contributed by atoms with E-state index in [9.17, 15) is 0 Å². The third kappa shape index (κ3) is 7.18. The van der Waals surface area contributed by atoms with Gasteiger partial charge in [0.05, 0.1) is 6.61 Å². The lowest BCUT2D eigenvalue weighted by atomic mass is 9.80. The van der Waals surface area contributed by atoms with Crippen LogP contribution in [0.3, 0.4) is 0 Å². The van der Waals surface area contributed by atoms with E-state index >= 15 is 0 Å². The Kier molecular flexibility index (Phi) is 9.80. The van der Waals surface area contributed by atoms with Crippen LogP contribution in [-0.2, 0) is 12.8 Å². The van der Waals surface area contributed by atoms with E-state index in [2.05, 4.69) is 56.3 Å². The molecule has 0 amide bonds. The molecule has 0 radical (unpaired) electrons. The lowest BCUT2D eigenvalue weighted by Crippen LogP contribution is -2.14. The number of unbranched alkanes of at least 4 members (excludes halogenated alkanes) is 7. The summed E-state index contributed by atoms with van der Waals surface area (Å²) in [5.74, 6) is 1.90. The highest BCUT2D eigenvalue weighted by molar-refractivity contribution is 5.66. The van der Waals surface area contributed by atoms with E-state index in [0.717, 1.165) is 24.7 Å². The monoisotopic (exact) mass is 406 g/mol. The second-order valence-electron chi connectivity index (χ2n) is 9.23. The minimum atomic E-state index is 0.831. The summed E-state index contributed by atoms with van der Waals surface area (Å²) in [5.41, 5.74) is 5.82. The van der Waals surface area contributed by atoms with Crippen LogP contribution < -0.4 is 4.74 Å². The van der Waals surface area contributed by atoms with Crippen molar-refractivity contribution in [3.63, 3.8) is 0 Å². The molecule has 2 aromatic carbocycles. The average molecular weight is 407 g/mol. The molecule has 2 aromatic rings. The van der Waals surface area contributed by atoms with Crippen molar-refractivity contribution in [1.82, 2.24) is 0 Å². The molecule has 1 heteroatoms. The van der Waals surface area contributed by atoms with Crippen molar-refractivity contribution in [3.05, 3.63) is 53.6 Å². The van der Waals surface area contributed by atoms with Crippen LogP contribution in [0.4, 0.5) is 0 Å². The van der Waals surface area contributed by atoms with Crippen molar-refractivity contribution in [1.29, 1.82) is 0 Å². The Morgan fingerprint density at radius 2 is 1.43 bits per heavy atom. The van der Waals surface area contributed by atoms with Crippen LogP contribution in [0.1, 0.15) is 95.6 Å². The van der Waals surface area contributed by atoms with Gasteiger partial charge in [0, 0.05) is 0 Å². The highest BCUT2D eigenvalue weighted by atomic mass is 16.5. The first-order valence-electron chi connectivity index (χ1n) is 12.6. The molecule has 0 N–H and O–H groups in total. The van der Waals surface area contributed by atoms with Crippen molar-refractivity contribution < 1.29 is 4.74 Å². The van der Waals surface area contributed by atoms with Crippen molar-refractivity contribution in [2.45, 2.75) is 97.3 Å². The van der Waals surface area contributed by atoms with E-state index < -0.39 is 0 Å². The average Bonchev–Trinajstić information content (AvgIpc) is 2.79. The SMILES string of the molecule is CCCCCCCC1CCc2cc(-c3ccc(OCCCCCC)cc3)ccc2C1. The molecule has 3 rings (SSSR count). The van der Waals surface area contributed by atoms with Crippen molar-refractivity contribution >= 4 is 0 Å². The number of hydrogen-bond acceptors (Lipinski definition) is 1. The molecule has 0 heterocycles. The first-order chi connectivity index (χ1) is 14.8. The quantitative estimate of drug-likeness (QED) is 0.302. The summed E-state index contributed by atoms with van der Waals surface area (Å²) in [6.45, 7) is 5.37. The van der Waals surface area contributed by atoms with Gasteiger partial charge in [0.25, 0.3) is 0 Å². The molecule has 164 valence electrons. The van der Waals surface area contributed by atoms with Gasteiger partial charge in [-0.15, -0.1) is 0 Å². The molecule has 1 aliphatic rings. The maximum absolute atomic E-state index is 5.90. The highest BCUT2D eigenvalue weighted by Crippen LogP contribution is 2.32. The van der Waals surface area contributed by atoms with Crippen molar-refractivity contribution in [2.75, 3.05) is 6.61 Å². The van der Waals surface area contributed by atoms with Gasteiger partial charge in [-0.1, -0.05) is 102 Å². The molecule has 0 bridgehead atoms. The van der Waals surface area contributed by atoms with Gasteiger partial charge in [-0.05, 0) is 66.0 Å². The topological polar surface area (TPSA) is 9.23 Å². The largest absolute Gasteiger partial charge is 0.494 e. The van der Waals surface area contributed by atoms with E-state index in [1.165, 1.54) is 88.2 Å². The third-order valence-electron chi connectivity index (χ3n) is 6.71.